The number of hydrogen-bond donors (Lipinski definition) is 0. The monoisotopic (exact) mass is 412 g/mol. The van der Waals surface area contributed by atoms with Crippen LogP contribution in [0.25, 0.3) is 0 Å². The summed E-state index contributed by atoms with van der Waals surface area (Å²) in [5, 5.41) is 2.73. The van der Waals surface area contributed by atoms with Crippen molar-refractivity contribution in [3.8, 4) is 5.75 Å². The highest BCUT2D eigenvalue weighted by Crippen LogP contribution is 2.32. The van der Waals surface area contributed by atoms with Gasteiger partial charge in [0.2, 0.25) is 5.91 Å². The molecule has 0 unspecified atom stereocenters. The van der Waals surface area contributed by atoms with Crippen molar-refractivity contribution in [3.63, 3.8) is 0 Å². The van der Waals surface area contributed by atoms with E-state index in [0.717, 1.165) is 34.2 Å². The van der Waals surface area contributed by atoms with Crippen molar-refractivity contribution in [1.82, 2.24) is 4.98 Å². The molecule has 3 aromatic rings. The Bertz CT molecular complexity index is 905. The quantitative estimate of drug-likeness (QED) is 0.420. The van der Waals surface area contributed by atoms with Gasteiger partial charge in [-0.1, -0.05) is 19.1 Å². The van der Waals surface area contributed by atoms with Gasteiger partial charge in [0.15, 0.2) is 5.13 Å². The van der Waals surface area contributed by atoms with Gasteiger partial charge in [-0.3, -0.25) is 9.69 Å². The van der Waals surface area contributed by atoms with Crippen LogP contribution in [-0.2, 0) is 17.0 Å². The van der Waals surface area contributed by atoms with Crippen molar-refractivity contribution in [2.45, 2.75) is 37.8 Å². The first-order valence-electron chi connectivity index (χ1n) is 9.30. The maximum absolute atomic E-state index is 12.2. The largest absolute Gasteiger partial charge is 0.494 e. The van der Waals surface area contributed by atoms with E-state index in [-0.39, 0.29) is 5.91 Å². The Morgan fingerprint density at radius 3 is 2.43 bits per heavy atom. The van der Waals surface area contributed by atoms with Crippen LogP contribution in [0.1, 0.15) is 32.0 Å². The summed E-state index contributed by atoms with van der Waals surface area (Å²) >= 11 is 3.22. The van der Waals surface area contributed by atoms with Crippen LogP contribution in [0.4, 0.5) is 10.8 Å². The molecule has 4 nitrogen and oxygen atoms in total. The van der Waals surface area contributed by atoms with E-state index in [4.69, 9.17) is 9.72 Å². The molecule has 0 radical (unpaired) electrons. The number of aromatic nitrogens is 1. The highest BCUT2D eigenvalue weighted by Gasteiger charge is 2.18. The molecule has 0 aliphatic heterocycles. The molecule has 0 saturated carbocycles. The first-order chi connectivity index (χ1) is 13.6. The van der Waals surface area contributed by atoms with E-state index >= 15 is 0 Å². The average Bonchev–Trinajstić information content (AvgIpc) is 3.16. The number of anilines is 2. The van der Waals surface area contributed by atoms with E-state index in [1.165, 1.54) is 16.9 Å². The van der Waals surface area contributed by atoms with E-state index in [1.807, 2.05) is 36.6 Å². The number of carbonyl (C=O) groups excluding carboxylic acids is 1. The fraction of sp³-hybridized carbons (Fsp3) is 0.273. The van der Waals surface area contributed by atoms with Gasteiger partial charge in [-0.25, -0.2) is 4.98 Å². The van der Waals surface area contributed by atoms with Crippen LogP contribution < -0.4 is 9.64 Å². The van der Waals surface area contributed by atoms with Crippen LogP contribution >= 0.6 is 23.1 Å². The summed E-state index contributed by atoms with van der Waals surface area (Å²) in [6.07, 6.45) is 0.977. The Balaban J connectivity index is 1.69. The third-order valence-electron chi connectivity index (χ3n) is 4.17. The molecule has 0 bridgehead atoms. The predicted molar refractivity (Wildman–Crippen MR) is 118 cm³/mol. The molecule has 1 amide bonds. The highest BCUT2D eigenvalue weighted by molar-refractivity contribution is 7.98. The Labute approximate surface area is 174 Å². The number of thioether (sulfide) groups is 1. The van der Waals surface area contributed by atoms with Crippen LogP contribution in [-0.4, -0.2) is 17.5 Å². The first-order valence-corrected chi connectivity index (χ1v) is 11.2. The van der Waals surface area contributed by atoms with Gasteiger partial charge in [-0.2, -0.15) is 0 Å². The van der Waals surface area contributed by atoms with E-state index in [1.54, 1.807) is 23.6 Å². The Morgan fingerprint density at radius 2 is 1.82 bits per heavy atom. The second-order valence-electron chi connectivity index (χ2n) is 6.19. The van der Waals surface area contributed by atoms with E-state index in [9.17, 15) is 4.79 Å². The van der Waals surface area contributed by atoms with Crippen molar-refractivity contribution in [2.24, 2.45) is 0 Å². The Hall–Kier alpha value is -2.31. The molecule has 0 N–H and O–H groups in total. The normalized spacial score (nSPS) is 10.7. The van der Waals surface area contributed by atoms with Crippen molar-refractivity contribution in [2.75, 3.05) is 11.5 Å². The fourth-order valence-electron chi connectivity index (χ4n) is 2.73. The van der Waals surface area contributed by atoms with Gasteiger partial charge in [0.05, 0.1) is 18.0 Å². The number of nitrogens with zero attached hydrogens (tertiary/aromatic N) is 2. The Kier molecular flexibility index (Phi) is 7.12. The minimum absolute atomic E-state index is 0.0377. The highest BCUT2D eigenvalue weighted by atomic mass is 32.2. The molecule has 0 fully saturated rings. The lowest BCUT2D eigenvalue weighted by Gasteiger charge is -2.18. The topological polar surface area (TPSA) is 42.4 Å². The number of amides is 1. The molecule has 146 valence electrons. The van der Waals surface area contributed by atoms with Crippen molar-refractivity contribution in [3.05, 3.63) is 65.2 Å². The van der Waals surface area contributed by atoms with Crippen LogP contribution in [0, 0.1) is 0 Å². The van der Waals surface area contributed by atoms with Gasteiger partial charge in [0.25, 0.3) is 0 Å². The minimum Gasteiger partial charge on any atom is -0.494 e. The van der Waals surface area contributed by atoms with Crippen molar-refractivity contribution < 1.29 is 9.53 Å². The second kappa shape index (κ2) is 9.75. The molecule has 0 aliphatic carbocycles. The smallest absolute Gasteiger partial charge is 0.230 e. The zero-order valence-electron chi connectivity index (χ0n) is 16.3. The summed E-state index contributed by atoms with van der Waals surface area (Å²) in [6, 6.07) is 16.2. The van der Waals surface area contributed by atoms with Gasteiger partial charge in [0.1, 0.15) is 5.75 Å². The molecule has 28 heavy (non-hydrogen) atoms. The molecule has 6 heteroatoms. The third-order valence-corrected chi connectivity index (χ3v) is 6.09. The number of aryl methyl sites for hydroxylation is 1. The second-order valence-corrected chi connectivity index (χ2v) is 8.07. The standard InChI is InChI=1S/C22H24N2O2S2/c1-4-17-6-8-19(9-7-17)24(16(3)25)22-23-18(15-28-22)14-27-21-12-10-20(11-13-21)26-5-2/h6-13,15H,4-5,14H2,1-3H3. The molecule has 0 spiro atoms. The molecular formula is C22H24N2O2S2. The summed E-state index contributed by atoms with van der Waals surface area (Å²) in [6.45, 7) is 6.34. The number of rotatable bonds is 8. The van der Waals surface area contributed by atoms with E-state index in [0.29, 0.717) is 11.7 Å². The van der Waals surface area contributed by atoms with Gasteiger partial charge in [-0.05, 0) is 55.3 Å². The van der Waals surface area contributed by atoms with Crippen molar-refractivity contribution in [1.29, 1.82) is 0 Å². The Morgan fingerprint density at radius 1 is 1.11 bits per heavy atom. The summed E-state index contributed by atoms with van der Waals surface area (Å²) < 4.78 is 5.47. The SMILES string of the molecule is CCOc1ccc(SCc2csc(N(C(C)=O)c3ccc(CC)cc3)n2)cc1. The van der Waals surface area contributed by atoms with Gasteiger partial charge in [0, 0.05) is 23.0 Å². The molecule has 1 heterocycles. The third kappa shape index (κ3) is 5.14. The zero-order valence-corrected chi connectivity index (χ0v) is 18.0. The summed E-state index contributed by atoms with van der Waals surface area (Å²) in [4.78, 5) is 19.8. The molecule has 2 aromatic carbocycles. The summed E-state index contributed by atoms with van der Waals surface area (Å²) in [5.74, 6) is 1.60. The lowest BCUT2D eigenvalue weighted by molar-refractivity contribution is -0.115. The van der Waals surface area contributed by atoms with Crippen molar-refractivity contribution >= 4 is 39.8 Å². The number of ether oxygens (including phenoxy) is 1. The number of hydrogen-bond acceptors (Lipinski definition) is 5. The molecule has 1 aromatic heterocycles. The van der Waals surface area contributed by atoms with Crippen LogP contribution in [0.5, 0.6) is 5.75 Å². The molecule has 0 atom stereocenters. The van der Waals surface area contributed by atoms with Crippen LogP contribution in [0.2, 0.25) is 0 Å². The lowest BCUT2D eigenvalue weighted by Crippen LogP contribution is -2.22. The molecular weight excluding hydrogens is 388 g/mol. The molecule has 3 rings (SSSR count). The number of carbonyl (C=O) groups is 1. The van der Waals surface area contributed by atoms with Gasteiger partial charge < -0.3 is 4.74 Å². The van der Waals surface area contributed by atoms with E-state index < -0.39 is 0 Å². The van der Waals surface area contributed by atoms with Crippen LogP contribution in [0.3, 0.4) is 0 Å². The summed E-state index contributed by atoms with van der Waals surface area (Å²) in [7, 11) is 0. The zero-order chi connectivity index (χ0) is 19.9. The minimum atomic E-state index is -0.0377. The molecule has 0 aliphatic rings. The lowest BCUT2D eigenvalue weighted by atomic mass is 10.1. The van der Waals surface area contributed by atoms with Gasteiger partial charge >= 0.3 is 0 Å². The predicted octanol–water partition coefficient (Wildman–Crippen LogP) is 6.08. The first kappa shape index (κ1) is 20.4. The average molecular weight is 413 g/mol. The fourth-order valence-corrected chi connectivity index (χ4v) is 4.51. The van der Waals surface area contributed by atoms with E-state index in [2.05, 4.69) is 31.2 Å². The summed E-state index contributed by atoms with van der Waals surface area (Å²) in [5.41, 5.74) is 3.07. The van der Waals surface area contributed by atoms with Gasteiger partial charge in [-0.15, -0.1) is 23.1 Å². The number of benzene rings is 2. The number of thiazole rings is 1. The van der Waals surface area contributed by atoms with Crippen LogP contribution in [0.15, 0.2) is 58.8 Å². The maximum atomic E-state index is 12.2. The maximum Gasteiger partial charge on any atom is 0.230 e. The molecule has 0 saturated heterocycles.